The Morgan fingerprint density at radius 1 is 1.20 bits per heavy atom. The Kier molecular flexibility index (Phi) is 5.14. The summed E-state index contributed by atoms with van der Waals surface area (Å²) in [6.45, 7) is 1.59. The number of carbonyl (C=O) groups is 1. The number of nitro benzene ring substituents is 1. The molecule has 1 N–H and O–H groups in total. The quantitative estimate of drug-likeness (QED) is 0.660. The lowest BCUT2D eigenvalue weighted by atomic mass is 10.1. The molecule has 8 heteroatoms. The number of rotatable bonds is 4. The molecule has 7 nitrogen and oxygen atoms in total. The van der Waals surface area contributed by atoms with Crippen molar-refractivity contribution >= 4 is 34.7 Å². The minimum absolute atomic E-state index is 0.0568. The van der Waals surface area contributed by atoms with Crippen LogP contribution in [0.25, 0.3) is 0 Å². The van der Waals surface area contributed by atoms with Gasteiger partial charge in [0.1, 0.15) is 11.5 Å². The van der Waals surface area contributed by atoms with E-state index in [1.54, 1.807) is 24.3 Å². The summed E-state index contributed by atoms with van der Waals surface area (Å²) in [5, 5.41) is 14.5. The third kappa shape index (κ3) is 4.06. The number of nitrogens with zero attached hydrogens (tertiary/aromatic N) is 3. The van der Waals surface area contributed by atoms with Crippen LogP contribution in [-0.2, 0) is 0 Å². The number of halogens is 1. The fourth-order valence-electron chi connectivity index (χ4n) is 2.85. The van der Waals surface area contributed by atoms with Crippen molar-refractivity contribution in [3.63, 3.8) is 0 Å². The van der Waals surface area contributed by atoms with E-state index in [-0.39, 0.29) is 11.3 Å². The van der Waals surface area contributed by atoms with Gasteiger partial charge in [0.2, 0.25) is 0 Å². The number of piperidine rings is 1. The molecule has 130 valence electrons. The van der Waals surface area contributed by atoms with Crippen molar-refractivity contribution in [2.24, 2.45) is 0 Å². The second-order valence-corrected chi connectivity index (χ2v) is 6.26. The van der Waals surface area contributed by atoms with E-state index < -0.39 is 10.8 Å². The number of hydrogen-bond acceptors (Lipinski definition) is 5. The van der Waals surface area contributed by atoms with Crippen molar-refractivity contribution in [1.29, 1.82) is 0 Å². The Morgan fingerprint density at radius 2 is 1.96 bits per heavy atom. The van der Waals surface area contributed by atoms with Crippen LogP contribution in [0.4, 0.5) is 17.2 Å². The largest absolute Gasteiger partial charge is 0.366 e. The number of aromatic nitrogens is 1. The first-order valence-electron chi connectivity index (χ1n) is 8.01. The maximum atomic E-state index is 12.3. The van der Waals surface area contributed by atoms with Gasteiger partial charge in [-0.3, -0.25) is 14.9 Å². The van der Waals surface area contributed by atoms with Gasteiger partial charge >= 0.3 is 0 Å². The molecule has 25 heavy (non-hydrogen) atoms. The number of nitro groups is 1. The molecule has 1 aromatic carbocycles. The summed E-state index contributed by atoms with van der Waals surface area (Å²) in [5.74, 6) is -0.125. The SMILES string of the molecule is O=C(Nc1ccc(Cl)cn1)c1ccc(N2CCCCC2)c([N+](=O)[O-])c1. The number of carbonyl (C=O) groups excluding carboxylic acids is 1. The average molecular weight is 361 g/mol. The highest BCUT2D eigenvalue weighted by Gasteiger charge is 2.23. The first kappa shape index (κ1) is 17.2. The Labute approximate surface area is 149 Å². The highest BCUT2D eigenvalue weighted by molar-refractivity contribution is 6.30. The van der Waals surface area contributed by atoms with Gasteiger partial charge in [-0.15, -0.1) is 0 Å². The van der Waals surface area contributed by atoms with Gasteiger partial charge in [0, 0.05) is 30.9 Å². The molecule has 3 rings (SSSR count). The lowest BCUT2D eigenvalue weighted by Gasteiger charge is -2.28. The Bertz CT molecular complexity index is 789. The molecular weight excluding hydrogens is 344 g/mol. The summed E-state index contributed by atoms with van der Waals surface area (Å²) >= 11 is 5.76. The highest BCUT2D eigenvalue weighted by Crippen LogP contribution is 2.31. The van der Waals surface area contributed by atoms with Crippen molar-refractivity contribution in [3.8, 4) is 0 Å². The zero-order chi connectivity index (χ0) is 17.8. The standard InChI is InChI=1S/C17H17ClN4O3/c18-13-5-7-16(19-11-13)20-17(23)12-4-6-14(15(10-12)22(24)25)21-8-2-1-3-9-21/h4-7,10-11H,1-3,8-9H2,(H,19,20,23). The topological polar surface area (TPSA) is 88.4 Å². The third-order valence-electron chi connectivity index (χ3n) is 4.10. The lowest BCUT2D eigenvalue weighted by Crippen LogP contribution is -2.30. The van der Waals surface area contributed by atoms with E-state index in [4.69, 9.17) is 11.6 Å². The van der Waals surface area contributed by atoms with E-state index in [1.165, 1.54) is 12.3 Å². The monoisotopic (exact) mass is 360 g/mol. The van der Waals surface area contributed by atoms with E-state index in [0.717, 1.165) is 32.4 Å². The molecule has 0 aliphatic carbocycles. The molecule has 1 amide bonds. The number of pyridine rings is 1. The normalized spacial score (nSPS) is 14.2. The summed E-state index contributed by atoms with van der Waals surface area (Å²) < 4.78 is 0. The molecule has 1 aromatic heterocycles. The number of benzene rings is 1. The summed E-state index contributed by atoms with van der Waals surface area (Å²) in [4.78, 5) is 29.3. The molecule has 1 fully saturated rings. The molecule has 1 aliphatic rings. The first-order chi connectivity index (χ1) is 12.0. The second kappa shape index (κ2) is 7.48. The van der Waals surface area contributed by atoms with Crippen LogP contribution in [0.15, 0.2) is 36.5 Å². The van der Waals surface area contributed by atoms with Gasteiger partial charge in [0.25, 0.3) is 11.6 Å². The van der Waals surface area contributed by atoms with Gasteiger partial charge < -0.3 is 10.2 Å². The maximum Gasteiger partial charge on any atom is 0.293 e. The van der Waals surface area contributed by atoms with Crippen molar-refractivity contribution in [3.05, 3.63) is 57.2 Å². The van der Waals surface area contributed by atoms with Crippen LogP contribution in [0.3, 0.4) is 0 Å². The zero-order valence-corrected chi connectivity index (χ0v) is 14.2. The van der Waals surface area contributed by atoms with Gasteiger partial charge in [0.05, 0.1) is 9.95 Å². The zero-order valence-electron chi connectivity index (χ0n) is 13.4. The molecule has 2 aromatic rings. The summed E-state index contributed by atoms with van der Waals surface area (Å²) in [6.07, 6.45) is 4.58. The molecule has 0 bridgehead atoms. The van der Waals surface area contributed by atoms with Crippen LogP contribution < -0.4 is 10.2 Å². The number of hydrogen-bond donors (Lipinski definition) is 1. The maximum absolute atomic E-state index is 12.3. The smallest absolute Gasteiger partial charge is 0.293 e. The van der Waals surface area contributed by atoms with Crippen LogP contribution in [0.1, 0.15) is 29.6 Å². The first-order valence-corrected chi connectivity index (χ1v) is 8.39. The Hall–Kier alpha value is -2.67. The fraction of sp³-hybridized carbons (Fsp3) is 0.294. The van der Waals surface area contributed by atoms with E-state index in [9.17, 15) is 14.9 Å². The predicted molar refractivity (Wildman–Crippen MR) is 96.4 cm³/mol. The van der Waals surface area contributed by atoms with Crippen LogP contribution in [-0.4, -0.2) is 28.9 Å². The third-order valence-corrected chi connectivity index (χ3v) is 4.32. The van der Waals surface area contributed by atoms with Crippen molar-refractivity contribution in [2.45, 2.75) is 19.3 Å². The molecule has 0 unspecified atom stereocenters. The van der Waals surface area contributed by atoms with E-state index in [0.29, 0.717) is 16.5 Å². The molecule has 0 spiro atoms. The molecule has 1 aliphatic heterocycles. The molecular formula is C17H17ClN4O3. The molecule has 2 heterocycles. The van der Waals surface area contributed by atoms with Gasteiger partial charge in [-0.25, -0.2) is 4.98 Å². The number of anilines is 2. The Morgan fingerprint density at radius 3 is 2.60 bits per heavy atom. The highest BCUT2D eigenvalue weighted by atomic mass is 35.5. The summed E-state index contributed by atoms with van der Waals surface area (Å²) in [5.41, 5.74) is 0.716. The Balaban J connectivity index is 1.84. The molecule has 1 saturated heterocycles. The van der Waals surface area contributed by atoms with Crippen LogP contribution in [0, 0.1) is 10.1 Å². The van der Waals surface area contributed by atoms with Crippen LogP contribution in [0.5, 0.6) is 0 Å². The van der Waals surface area contributed by atoms with Gasteiger partial charge in [-0.05, 0) is 43.5 Å². The van der Waals surface area contributed by atoms with Crippen LogP contribution in [0.2, 0.25) is 5.02 Å². The number of nitrogens with one attached hydrogen (secondary N) is 1. The molecule has 0 radical (unpaired) electrons. The lowest BCUT2D eigenvalue weighted by molar-refractivity contribution is -0.384. The summed E-state index contributed by atoms with van der Waals surface area (Å²) in [7, 11) is 0. The second-order valence-electron chi connectivity index (χ2n) is 5.82. The summed E-state index contributed by atoms with van der Waals surface area (Å²) in [6, 6.07) is 7.73. The van der Waals surface area contributed by atoms with E-state index >= 15 is 0 Å². The van der Waals surface area contributed by atoms with Gasteiger partial charge in [0.15, 0.2) is 0 Å². The van der Waals surface area contributed by atoms with Crippen molar-refractivity contribution in [2.75, 3.05) is 23.3 Å². The van der Waals surface area contributed by atoms with Crippen molar-refractivity contribution in [1.82, 2.24) is 4.98 Å². The van der Waals surface area contributed by atoms with Crippen molar-refractivity contribution < 1.29 is 9.72 Å². The van der Waals surface area contributed by atoms with E-state index in [2.05, 4.69) is 10.3 Å². The van der Waals surface area contributed by atoms with Crippen LogP contribution >= 0.6 is 11.6 Å². The number of amides is 1. The van der Waals surface area contributed by atoms with E-state index in [1.807, 2.05) is 4.90 Å². The minimum Gasteiger partial charge on any atom is -0.366 e. The predicted octanol–water partition coefficient (Wildman–Crippen LogP) is 3.89. The van der Waals surface area contributed by atoms with Gasteiger partial charge in [-0.1, -0.05) is 11.6 Å². The molecule has 0 saturated carbocycles. The fourth-order valence-corrected chi connectivity index (χ4v) is 2.96. The average Bonchev–Trinajstić information content (AvgIpc) is 2.63. The molecule has 0 atom stereocenters. The minimum atomic E-state index is -0.455. The van der Waals surface area contributed by atoms with Gasteiger partial charge in [-0.2, -0.15) is 0 Å².